The van der Waals surface area contributed by atoms with Crippen LogP contribution in [0.2, 0.25) is 0 Å². The van der Waals surface area contributed by atoms with Gasteiger partial charge in [0.2, 0.25) is 0 Å². The summed E-state index contributed by atoms with van der Waals surface area (Å²) in [6.45, 7) is 0.383. The maximum absolute atomic E-state index is 12.3. The lowest BCUT2D eigenvalue weighted by Gasteiger charge is -2.11. The van der Waals surface area contributed by atoms with Crippen LogP contribution >= 0.6 is 43.6 Å². The molecule has 0 aliphatic rings. The number of anilines is 1. The van der Waals surface area contributed by atoms with E-state index in [0.29, 0.717) is 27.6 Å². The number of hydrogen-bond donors (Lipinski definition) is 1. The predicted octanol–water partition coefficient (Wildman–Crippen LogP) is 6.07. The summed E-state index contributed by atoms with van der Waals surface area (Å²) in [4.78, 5) is 0.555. The summed E-state index contributed by atoms with van der Waals surface area (Å²) in [6, 6.07) is 8.68. The molecule has 0 unspecified atom stereocenters. The smallest absolute Gasteiger partial charge is 0.398 e. The van der Waals surface area contributed by atoms with Crippen LogP contribution in [0.25, 0.3) is 0 Å². The number of rotatable bonds is 5. The van der Waals surface area contributed by atoms with Crippen molar-refractivity contribution in [1.82, 2.24) is 0 Å². The van der Waals surface area contributed by atoms with E-state index in [4.69, 9.17) is 4.42 Å². The maximum atomic E-state index is 12.3. The number of thioether (sulfide) groups is 1. The molecule has 0 saturated carbocycles. The molecule has 1 aromatic heterocycles. The number of hydrogen-bond acceptors (Lipinski definition) is 3. The standard InChI is InChI=1S/C13H10Br2F3NOS/c14-9-5-8(20-12(9)15)6-19-10-3-1-2-4-11(10)21-7-13(16,17)18/h1-5,19H,6-7H2. The van der Waals surface area contributed by atoms with Crippen LogP contribution in [0.1, 0.15) is 5.76 Å². The molecule has 1 N–H and O–H groups in total. The van der Waals surface area contributed by atoms with Crippen LogP contribution in [0, 0.1) is 0 Å². The number of furan rings is 1. The van der Waals surface area contributed by atoms with E-state index in [1.54, 1.807) is 30.3 Å². The van der Waals surface area contributed by atoms with Crippen molar-refractivity contribution in [3.8, 4) is 0 Å². The van der Waals surface area contributed by atoms with Crippen LogP contribution < -0.4 is 5.32 Å². The third-order valence-corrected chi connectivity index (χ3v) is 5.28. The first kappa shape index (κ1) is 16.8. The number of alkyl halides is 3. The fourth-order valence-corrected chi connectivity index (χ4v) is 3.01. The average molecular weight is 445 g/mol. The second-order valence-electron chi connectivity index (χ2n) is 4.09. The highest BCUT2D eigenvalue weighted by Gasteiger charge is 2.27. The molecule has 0 aliphatic carbocycles. The largest absolute Gasteiger partial charge is 0.451 e. The molecule has 0 aliphatic heterocycles. The van der Waals surface area contributed by atoms with Crippen molar-refractivity contribution in [2.45, 2.75) is 17.6 Å². The summed E-state index contributed by atoms with van der Waals surface area (Å²) in [6.07, 6.45) is -4.19. The highest BCUT2D eigenvalue weighted by molar-refractivity contribution is 9.13. The van der Waals surface area contributed by atoms with E-state index >= 15 is 0 Å². The fourth-order valence-electron chi connectivity index (χ4n) is 1.56. The minimum Gasteiger partial charge on any atom is -0.451 e. The van der Waals surface area contributed by atoms with Gasteiger partial charge in [-0.1, -0.05) is 12.1 Å². The first-order valence-corrected chi connectivity index (χ1v) is 8.38. The Morgan fingerprint density at radius 1 is 1.19 bits per heavy atom. The third kappa shape index (κ3) is 5.27. The van der Waals surface area contributed by atoms with E-state index in [-0.39, 0.29) is 0 Å². The van der Waals surface area contributed by atoms with Gasteiger partial charge in [0.25, 0.3) is 0 Å². The Bertz CT molecular complexity index is 596. The van der Waals surface area contributed by atoms with E-state index in [1.807, 2.05) is 0 Å². The molecule has 1 aromatic carbocycles. The molecule has 0 amide bonds. The minimum absolute atomic E-state index is 0.383. The zero-order valence-corrected chi connectivity index (χ0v) is 14.5. The van der Waals surface area contributed by atoms with E-state index in [9.17, 15) is 13.2 Å². The third-order valence-electron chi connectivity index (χ3n) is 2.43. The summed E-state index contributed by atoms with van der Waals surface area (Å²) >= 11 is 7.30. The highest BCUT2D eigenvalue weighted by Crippen LogP contribution is 2.33. The molecule has 0 spiro atoms. The SMILES string of the molecule is FC(F)(F)CSc1ccccc1NCc1cc(Br)c(Br)o1. The van der Waals surface area contributed by atoms with Gasteiger partial charge >= 0.3 is 6.18 Å². The van der Waals surface area contributed by atoms with Crippen LogP contribution in [0.3, 0.4) is 0 Å². The van der Waals surface area contributed by atoms with Crippen molar-refractivity contribution >= 4 is 49.3 Å². The average Bonchev–Trinajstić information content (AvgIpc) is 2.73. The van der Waals surface area contributed by atoms with Gasteiger partial charge in [0.05, 0.1) is 16.8 Å². The molecule has 0 radical (unpaired) electrons. The summed E-state index contributed by atoms with van der Waals surface area (Å²) in [5, 5.41) is 3.08. The first-order chi connectivity index (χ1) is 9.85. The molecule has 0 atom stereocenters. The zero-order valence-electron chi connectivity index (χ0n) is 10.5. The van der Waals surface area contributed by atoms with Crippen molar-refractivity contribution in [2.24, 2.45) is 0 Å². The summed E-state index contributed by atoms with van der Waals surface area (Å²) in [5.74, 6) is -0.242. The van der Waals surface area contributed by atoms with Gasteiger partial charge in [0, 0.05) is 10.6 Å². The van der Waals surface area contributed by atoms with Gasteiger partial charge in [-0.05, 0) is 50.1 Å². The van der Waals surface area contributed by atoms with Gasteiger partial charge in [0.1, 0.15) is 5.76 Å². The molecule has 21 heavy (non-hydrogen) atoms. The predicted molar refractivity (Wildman–Crippen MR) is 84.7 cm³/mol. The van der Waals surface area contributed by atoms with Crippen molar-refractivity contribution < 1.29 is 17.6 Å². The Kier molecular flexibility index (Phi) is 5.67. The Labute approximate surface area is 140 Å². The van der Waals surface area contributed by atoms with Crippen molar-refractivity contribution in [2.75, 3.05) is 11.1 Å². The van der Waals surface area contributed by atoms with Gasteiger partial charge in [-0.2, -0.15) is 13.2 Å². The zero-order chi connectivity index (χ0) is 15.5. The van der Waals surface area contributed by atoms with Crippen molar-refractivity contribution in [1.29, 1.82) is 0 Å². The van der Waals surface area contributed by atoms with Crippen LogP contribution in [0.15, 0.2) is 48.8 Å². The number of halogens is 5. The van der Waals surface area contributed by atoms with Crippen molar-refractivity contribution in [3.05, 3.63) is 45.2 Å². The van der Waals surface area contributed by atoms with E-state index in [2.05, 4.69) is 37.2 Å². The molecule has 2 aromatic rings. The Morgan fingerprint density at radius 2 is 1.90 bits per heavy atom. The maximum Gasteiger partial charge on any atom is 0.398 e. The molecular weight excluding hydrogens is 435 g/mol. The minimum atomic E-state index is -4.19. The molecule has 114 valence electrons. The lowest BCUT2D eigenvalue weighted by atomic mass is 10.3. The van der Waals surface area contributed by atoms with Crippen molar-refractivity contribution in [3.63, 3.8) is 0 Å². The number of para-hydroxylation sites is 1. The molecule has 0 bridgehead atoms. The lowest BCUT2D eigenvalue weighted by Crippen LogP contribution is -2.11. The first-order valence-electron chi connectivity index (χ1n) is 5.81. The van der Waals surface area contributed by atoms with E-state index in [0.717, 1.165) is 16.2 Å². The Hall–Kier alpha value is -0.600. The Morgan fingerprint density at radius 3 is 2.52 bits per heavy atom. The lowest BCUT2D eigenvalue weighted by molar-refractivity contribution is -0.105. The normalized spacial score (nSPS) is 11.7. The highest BCUT2D eigenvalue weighted by atomic mass is 79.9. The van der Waals surface area contributed by atoms with Crippen LogP contribution in [0.4, 0.5) is 18.9 Å². The van der Waals surface area contributed by atoms with Crippen LogP contribution in [-0.2, 0) is 6.54 Å². The number of nitrogens with one attached hydrogen (secondary N) is 1. The van der Waals surface area contributed by atoms with Crippen LogP contribution in [-0.4, -0.2) is 11.9 Å². The Balaban J connectivity index is 2.02. The summed E-state index contributed by atoms with van der Waals surface area (Å²) < 4.78 is 43.7. The van der Waals surface area contributed by atoms with Crippen LogP contribution in [0.5, 0.6) is 0 Å². The van der Waals surface area contributed by atoms with E-state index in [1.165, 1.54) is 0 Å². The van der Waals surface area contributed by atoms with Gasteiger partial charge < -0.3 is 9.73 Å². The molecule has 2 nitrogen and oxygen atoms in total. The van der Waals surface area contributed by atoms with Gasteiger partial charge in [-0.15, -0.1) is 11.8 Å². The molecule has 2 rings (SSSR count). The summed E-state index contributed by atoms with van der Waals surface area (Å²) in [5.41, 5.74) is 0.649. The summed E-state index contributed by atoms with van der Waals surface area (Å²) in [7, 11) is 0. The second kappa shape index (κ2) is 7.11. The quantitative estimate of drug-likeness (QED) is 0.566. The molecule has 0 fully saturated rings. The topological polar surface area (TPSA) is 25.2 Å². The molecule has 1 heterocycles. The second-order valence-corrected chi connectivity index (χ2v) is 6.68. The molecular formula is C13H10Br2F3NOS. The monoisotopic (exact) mass is 443 g/mol. The fraction of sp³-hybridized carbons (Fsp3) is 0.231. The molecule has 0 saturated heterocycles. The van der Waals surface area contributed by atoms with Gasteiger partial charge in [0.15, 0.2) is 4.67 Å². The van der Waals surface area contributed by atoms with Gasteiger partial charge in [-0.25, -0.2) is 0 Å². The number of benzene rings is 1. The van der Waals surface area contributed by atoms with E-state index < -0.39 is 11.9 Å². The van der Waals surface area contributed by atoms with Gasteiger partial charge in [-0.3, -0.25) is 0 Å². The molecule has 8 heteroatoms.